The second-order valence-electron chi connectivity index (χ2n) is 7.54. The van der Waals surface area contributed by atoms with Gasteiger partial charge >= 0.3 is 0 Å². The molecule has 152 valence electrons. The molecule has 1 aliphatic carbocycles. The molecule has 0 atom stereocenters. The molecule has 1 rings (SSSR count). The number of hydrogen-bond donors (Lipinski definition) is 2. The first-order valence-corrected chi connectivity index (χ1v) is 10.4. The minimum absolute atomic E-state index is 0.230. The summed E-state index contributed by atoms with van der Waals surface area (Å²) in [6, 6.07) is 0. The van der Waals surface area contributed by atoms with Gasteiger partial charge in [-0.3, -0.25) is 9.79 Å². The van der Waals surface area contributed by atoms with E-state index in [1.165, 1.54) is 6.42 Å². The van der Waals surface area contributed by atoms with Gasteiger partial charge in [0.1, 0.15) is 0 Å². The molecule has 0 radical (unpaired) electrons. The van der Waals surface area contributed by atoms with Crippen LogP contribution in [0.4, 0.5) is 0 Å². The molecule has 0 aromatic carbocycles. The number of unbranched alkanes of at least 4 members (excludes halogenated alkanes) is 1. The number of rotatable bonds is 11. The Kier molecular flexibility index (Phi) is 10.6. The van der Waals surface area contributed by atoms with Crippen molar-refractivity contribution < 1.29 is 4.79 Å². The summed E-state index contributed by atoms with van der Waals surface area (Å²) in [6.45, 7) is 12.2. The van der Waals surface area contributed by atoms with Crippen molar-refractivity contribution >= 4 is 11.9 Å². The van der Waals surface area contributed by atoms with Gasteiger partial charge in [0, 0.05) is 27.2 Å². The quantitative estimate of drug-likeness (QED) is 0.334. The van der Waals surface area contributed by atoms with E-state index in [1.54, 1.807) is 4.90 Å². The van der Waals surface area contributed by atoms with Crippen molar-refractivity contribution in [1.82, 2.24) is 20.4 Å². The Morgan fingerprint density at radius 3 is 2.23 bits per heavy atom. The largest absolute Gasteiger partial charge is 0.357 e. The standard InChI is InChI=1S/C20H41N5O/c1-6-21-19(22-15-11-12-16-25(7-2)8-3)23-17-20(13-9-10-14-20)18(26)24(4)5/h6-17H2,1-5H3,(H2,21,22,23). The fourth-order valence-corrected chi connectivity index (χ4v) is 3.74. The monoisotopic (exact) mass is 367 g/mol. The SMILES string of the molecule is CCNC(=NCC1(C(=O)N(C)C)CCCC1)NCCCCN(CC)CC. The van der Waals surface area contributed by atoms with Gasteiger partial charge < -0.3 is 20.4 Å². The first-order valence-electron chi connectivity index (χ1n) is 10.4. The van der Waals surface area contributed by atoms with E-state index in [4.69, 9.17) is 4.99 Å². The molecule has 1 aliphatic rings. The number of aliphatic imine (C=N–C) groups is 1. The van der Waals surface area contributed by atoms with Crippen LogP contribution in [0.2, 0.25) is 0 Å². The fraction of sp³-hybridized carbons (Fsp3) is 0.900. The third-order valence-corrected chi connectivity index (χ3v) is 5.39. The van der Waals surface area contributed by atoms with Crippen molar-refractivity contribution in [2.45, 2.75) is 59.3 Å². The molecule has 0 aromatic rings. The van der Waals surface area contributed by atoms with Crippen molar-refractivity contribution in [2.75, 3.05) is 53.4 Å². The molecule has 1 amide bonds. The summed E-state index contributed by atoms with van der Waals surface area (Å²) < 4.78 is 0. The maximum atomic E-state index is 12.7. The normalized spacial score (nSPS) is 16.8. The van der Waals surface area contributed by atoms with Gasteiger partial charge in [0.25, 0.3) is 0 Å². The van der Waals surface area contributed by atoms with Gasteiger partial charge in [-0.1, -0.05) is 26.7 Å². The van der Waals surface area contributed by atoms with Crippen LogP contribution in [0.3, 0.4) is 0 Å². The number of carbonyl (C=O) groups is 1. The van der Waals surface area contributed by atoms with Crippen LogP contribution >= 0.6 is 0 Å². The minimum atomic E-state index is -0.297. The van der Waals surface area contributed by atoms with Crippen LogP contribution in [0.25, 0.3) is 0 Å². The van der Waals surface area contributed by atoms with Gasteiger partial charge in [0.15, 0.2) is 5.96 Å². The lowest BCUT2D eigenvalue weighted by molar-refractivity contribution is -0.138. The first kappa shape index (κ1) is 22.7. The summed E-state index contributed by atoms with van der Waals surface area (Å²) in [7, 11) is 3.71. The van der Waals surface area contributed by atoms with Gasteiger partial charge in [0.2, 0.25) is 5.91 Å². The van der Waals surface area contributed by atoms with Crippen LogP contribution in [0.1, 0.15) is 59.3 Å². The molecule has 0 unspecified atom stereocenters. The fourth-order valence-electron chi connectivity index (χ4n) is 3.74. The average molecular weight is 368 g/mol. The van der Waals surface area contributed by atoms with Crippen LogP contribution in [0.5, 0.6) is 0 Å². The number of carbonyl (C=O) groups excluding carboxylic acids is 1. The Labute approximate surface area is 160 Å². The van der Waals surface area contributed by atoms with Crippen LogP contribution in [-0.4, -0.2) is 75.0 Å². The van der Waals surface area contributed by atoms with Crippen LogP contribution in [-0.2, 0) is 4.79 Å². The number of hydrogen-bond acceptors (Lipinski definition) is 3. The van der Waals surface area contributed by atoms with E-state index >= 15 is 0 Å². The second-order valence-corrected chi connectivity index (χ2v) is 7.54. The highest BCUT2D eigenvalue weighted by Crippen LogP contribution is 2.39. The highest BCUT2D eigenvalue weighted by atomic mass is 16.2. The zero-order chi connectivity index (χ0) is 19.4. The molecule has 2 N–H and O–H groups in total. The van der Waals surface area contributed by atoms with E-state index < -0.39 is 0 Å². The summed E-state index contributed by atoms with van der Waals surface area (Å²) in [5, 5.41) is 6.75. The van der Waals surface area contributed by atoms with Gasteiger partial charge in [-0.25, -0.2) is 0 Å². The van der Waals surface area contributed by atoms with E-state index in [-0.39, 0.29) is 11.3 Å². The van der Waals surface area contributed by atoms with Gasteiger partial charge in [0.05, 0.1) is 12.0 Å². The maximum absolute atomic E-state index is 12.7. The molecule has 1 fully saturated rings. The molecular weight excluding hydrogens is 326 g/mol. The highest BCUT2D eigenvalue weighted by Gasteiger charge is 2.41. The Bertz CT molecular complexity index is 426. The highest BCUT2D eigenvalue weighted by molar-refractivity contribution is 5.84. The van der Waals surface area contributed by atoms with E-state index in [1.807, 2.05) is 14.1 Å². The Hall–Kier alpha value is -1.30. The molecule has 6 nitrogen and oxygen atoms in total. The molecule has 0 aromatic heterocycles. The lowest BCUT2D eigenvalue weighted by atomic mass is 9.85. The molecule has 0 bridgehead atoms. The first-order chi connectivity index (χ1) is 12.5. The molecule has 0 spiro atoms. The Balaban J connectivity index is 2.52. The van der Waals surface area contributed by atoms with E-state index in [2.05, 4.69) is 36.3 Å². The van der Waals surface area contributed by atoms with E-state index in [9.17, 15) is 4.79 Å². The lowest BCUT2D eigenvalue weighted by Crippen LogP contribution is -2.43. The average Bonchev–Trinajstić information content (AvgIpc) is 3.12. The molecule has 26 heavy (non-hydrogen) atoms. The summed E-state index contributed by atoms with van der Waals surface area (Å²) in [6.07, 6.45) is 6.49. The third-order valence-electron chi connectivity index (χ3n) is 5.39. The topological polar surface area (TPSA) is 60.0 Å². The van der Waals surface area contributed by atoms with Crippen molar-refractivity contribution in [2.24, 2.45) is 10.4 Å². The molecule has 0 saturated heterocycles. The predicted molar refractivity (Wildman–Crippen MR) is 111 cm³/mol. The predicted octanol–water partition coefficient (Wildman–Crippen LogP) is 2.31. The molecule has 6 heteroatoms. The summed E-state index contributed by atoms with van der Waals surface area (Å²) in [4.78, 5) is 21.6. The number of guanidine groups is 1. The number of nitrogens with one attached hydrogen (secondary N) is 2. The second kappa shape index (κ2) is 12.2. The summed E-state index contributed by atoms with van der Waals surface area (Å²) >= 11 is 0. The number of nitrogens with zero attached hydrogens (tertiary/aromatic N) is 3. The van der Waals surface area contributed by atoms with E-state index in [0.29, 0.717) is 6.54 Å². The van der Waals surface area contributed by atoms with Gasteiger partial charge in [-0.15, -0.1) is 0 Å². The third kappa shape index (κ3) is 7.14. The zero-order valence-electron chi connectivity index (χ0n) is 17.7. The van der Waals surface area contributed by atoms with Crippen LogP contribution in [0, 0.1) is 5.41 Å². The Morgan fingerprint density at radius 1 is 1.04 bits per heavy atom. The van der Waals surface area contributed by atoms with Crippen LogP contribution < -0.4 is 10.6 Å². The molecule has 0 aliphatic heterocycles. The lowest BCUT2D eigenvalue weighted by Gasteiger charge is -2.29. The molecule has 0 heterocycles. The number of amides is 1. The summed E-state index contributed by atoms with van der Waals surface area (Å²) in [5.74, 6) is 1.07. The molecule has 1 saturated carbocycles. The van der Waals surface area contributed by atoms with Crippen molar-refractivity contribution in [3.8, 4) is 0 Å². The van der Waals surface area contributed by atoms with Crippen molar-refractivity contribution in [1.29, 1.82) is 0 Å². The van der Waals surface area contributed by atoms with Crippen molar-refractivity contribution in [3.05, 3.63) is 0 Å². The molecular formula is C20H41N5O. The zero-order valence-corrected chi connectivity index (χ0v) is 17.7. The minimum Gasteiger partial charge on any atom is -0.357 e. The maximum Gasteiger partial charge on any atom is 0.230 e. The van der Waals surface area contributed by atoms with Crippen LogP contribution in [0.15, 0.2) is 4.99 Å². The van der Waals surface area contributed by atoms with Crippen molar-refractivity contribution in [3.63, 3.8) is 0 Å². The van der Waals surface area contributed by atoms with Gasteiger partial charge in [-0.05, 0) is 52.2 Å². The van der Waals surface area contributed by atoms with Gasteiger partial charge in [-0.2, -0.15) is 0 Å². The Morgan fingerprint density at radius 2 is 1.69 bits per heavy atom. The van der Waals surface area contributed by atoms with E-state index in [0.717, 1.165) is 70.8 Å². The summed E-state index contributed by atoms with van der Waals surface area (Å²) in [5.41, 5.74) is -0.297. The smallest absolute Gasteiger partial charge is 0.230 e.